The van der Waals surface area contributed by atoms with Gasteiger partial charge >= 0.3 is 0 Å². The van der Waals surface area contributed by atoms with Crippen LogP contribution in [0.2, 0.25) is 4.34 Å². The first-order chi connectivity index (χ1) is 11.7. The molecule has 2 aromatic rings. The number of thioether (sulfide) groups is 1. The Morgan fingerprint density at radius 1 is 1.33 bits per heavy atom. The van der Waals surface area contributed by atoms with Gasteiger partial charge in [0.2, 0.25) is 0 Å². The maximum atomic E-state index is 12.8. The van der Waals surface area contributed by atoms with Crippen molar-refractivity contribution < 1.29 is 4.79 Å². The summed E-state index contributed by atoms with van der Waals surface area (Å²) in [4.78, 5) is 22.4. The lowest BCUT2D eigenvalue weighted by Gasteiger charge is -2.10. The Hall–Kier alpha value is -1.37. The van der Waals surface area contributed by atoms with E-state index in [9.17, 15) is 4.79 Å². The standard InChI is InChI=1S/C17H18ClN3OS2/c1-23-12-6-7-14(19-9-12)13(8-11-4-2-3-5-11)16(22)21-17-20-10-15(18)24-17/h6-11H,2-5H2,1H3,(H,20,21,22)/b13-8+. The van der Waals surface area contributed by atoms with E-state index in [-0.39, 0.29) is 5.91 Å². The zero-order valence-corrected chi connectivity index (χ0v) is 15.7. The molecule has 0 radical (unpaired) electrons. The molecule has 0 unspecified atom stereocenters. The number of aromatic nitrogens is 2. The fourth-order valence-electron chi connectivity index (χ4n) is 2.77. The van der Waals surface area contributed by atoms with E-state index in [2.05, 4.69) is 21.4 Å². The first kappa shape index (κ1) is 17.5. The molecule has 0 aromatic carbocycles. The summed E-state index contributed by atoms with van der Waals surface area (Å²) in [5.74, 6) is 0.255. The summed E-state index contributed by atoms with van der Waals surface area (Å²) >= 11 is 8.77. The zero-order valence-electron chi connectivity index (χ0n) is 13.3. The monoisotopic (exact) mass is 379 g/mol. The quantitative estimate of drug-likeness (QED) is 0.578. The molecule has 3 rings (SSSR count). The van der Waals surface area contributed by atoms with Crippen molar-refractivity contribution in [3.63, 3.8) is 0 Å². The lowest BCUT2D eigenvalue weighted by atomic mass is 10.0. The van der Waals surface area contributed by atoms with Crippen LogP contribution in [0.3, 0.4) is 0 Å². The summed E-state index contributed by atoms with van der Waals surface area (Å²) in [6.07, 6.45) is 12.1. The number of amides is 1. The number of allylic oxidation sites excluding steroid dienone is 1. The van der Waals surface area contributed by atoms with Crippen LogP contribution in [-0.2, 0) is 4.79 Å². The number of nitrogens with one attached hydrogen (secondary N) is 1. The Bertz CT molecular complexity index is 737. The van der Waals surface area contributed by atoms with E-state index in [4.69, 9.17) is 11.6 Å². The number of pyridine rings is 1. The molecule has 126 valence electrons. The summed E-state index contributed by atoms with van der Waals surface area (Å²) in [5.41, 5.74) is 1.31. The van der Waals surface area contributed by atoms with Crippen LogP contribution in [0.4, 0.5) is 5.13 Å². The van der Waals surface area contributed by atoms with Gasteiger partial charge in [0.1, 0.15) is 4.34 Å². The van der Waals surface area contributed by atoms with Gasteiger partial charge in [0.25, 0.3) is 5.91 Å². The number of nitrogens with zero attached hydrogens (tertiary/aromatic N) is 2. The topological polar surface area (TPSA) is 54.9 Å². The summed E-state index contributed by atoms with van der Waals surface area (Å²) in [6, 6.07) is 3.89. The maximum absolute atomic E-state index is 12.8. The SMILES string of the molecule is CSc1ccc(/C(=C\C2CCCC2)C(=O)Nc2ncc(Cl)s2)nc1. The lowest BCUT2D eigenvalue weighted by Crippen LogP contribution is -2.15. The minimum atomic E-state index is -0.183. The molecule has 1 fully saturated rings. The Labute approximate surface area is 154 Å². The van der Waals surface area contributed by atoms with Crippen LogP contribution >= 0.6 is 34.7 Å². The van der Waals surface area contributed by atoms with E-state index in [1.165, 1.54) is 30.4 Å². The molecule has 1 aliphatic carbocycles. The molecular formula is C17H18ClN3OS2. The van der Waals surface area contributed by atoms with Crippen LogP contribution in [0.5, 0.6) is 0 Å². The highest BCUT2D eigenvalue weighted by Gasteiger charge is 2.20. The predicted molar refractivity (Wildman–Crippen MR) is 102 cm³/mol. The van der Waals surface area contributed by atoms with Gasteiger partial charge in [-0.1, -0.05) is 41.9 Å². The normalized spacial score (nSPS) is 15.7. The zero-order chi connectivity index (χ0) is 16.9. The number of hydrogen-bond acceptors (Lipinski definition) is 5. The fourth-order valence-corrected chi connectivity index (χ4v) is 3.94. The Balaban J connectivity index is 1.86. The van der Waals surface area contributed by atoms with Crippen molar-refractivity contribution in [3.05, 3.63) is 40.6 Å². The lowest BCUT2D eigenvalue weighted by molar-refractivity contribution is -0.111. The molecule has 1 N–H and O–H groups in total. The van der Waals surface area contributed by atoms with Crippen LogP contribution in [0.15, 0.2) is 35.5 Å². The van der Waals surface area contributed by atoms with Crippen LogP contribution < -0.4 is 5.32 Å². The number of hydrogen-bond donors (Lipinski definition) is 1. The van der Waals surface area contributed by atoms with Gasteiger partial charge in [0, 0.05) is 11.1 Å². The molecule has 0 saturated heterocycles. The third-order valence-corrected chi connectivity index (χ3v) is 5.74. The number of halogens is 1. The Morgan fingerprint density at radius 3 is 2.71 bits per heavy atom. The van der Waals surface area contributed by atoms with E-state index in [1.807, 2.05) is 18.4 Å². The summed E-state index contributed by atoms with van der Waals surface area (Å²) < 4.78 is 0.550. The van der Waals surface area contributed by atoms with Gasteiger partial charge in [0.05, 0.1) is 17.5 Å². The second-order valence-electron chi connectivity index (χ2n) is 5.63. The van der Waals surface area contributed by atoms with Crippen molar-refractivity contribution >= 4 is 51.3 Å². The number of anilines is 1. The van der Waals surface area contributed by atoms with Crippen molar-refractivity contribution in [1.29, 1.82) is 0 Å². The van der Waals surface area contributed by atoms with Gasteiger partial charge in [-0.3, -0.25) is 15.1 Å². The van der Waals surface area contributed by atoms with E-state index in [0.29, 0.717) is 26.7 Å². The van der Waals surface area contributed by atoms with Crippen LogP contribution in [-0.4, -0.2) is 22.1 Å². The molecule has 4 nitrogen and oxygen atoms in total. The van der Waals surface area contributed by atoms with Gasteiger partial charge in [-0.25, -0.2) is 4.98 Å². The van der Waals surface area contributed by atoms with Gasteiger partial charge in [-0.2, -0.15) is 0 Å². The van der Waals surface area contributed by atoms with Crippen molar-refractivity contribution in [3.8, 4) is 0 Å². The third kappa shape index (κ3) is 4.37. The van der Waals surface area contributed by atoms with E-state index in [0.717, 1.165) is 17.7 Å². The van der Waals surface area contributed by atoms with Gasteiger partial charge < -0.3 is 0 Å². The number of carbonyl (C=O) groups is 1. The molecule has 0 bridgehead atoms. The van der Waals surface area contributed by atoms with Crippen molar-refractivity contribution in [2.24, 2.45) is 5.92 Å². The van der Waals surface area contributed by atoms with Crippen LogP contribution in [0.1, 0.15) is 31.4 Å². The van der Waals surface area contributed by atoms with Crippen LogP contribution in [0.25, 0.3) is 5.57 Å². The molecule has 1 saturated carbocycles. The number of thiazole rings is 1. The minimum absolute atomic E-state index is 0.183. The molecule has 0 aliphatic heterocycles. The van der Waals surface area contributed by atoms with E-state index >= 15 is 0 Å². The summed E-state index contributed by atoms with van der Waals surface area (Å²) in [7, 11) is 0. The van der Waals surface area contributed by atoms with Gasteiger partial charge in [-0.15, -0.1) is 11.8 Å². The largest absolute Gasteiger partial charge is 0.298 e. The van der Waals surface area contributed by atoms with Gasteiger partial charge in [-0.05, 0) is 37.1 Å². The van der Waals surface area contributed by atoms with Crippen molar-refractivity contribution in [2.75, 3.05) is 11.6 Å². The Morgan fingerprint density at radius 2 is 2.12 bits per heavy atom. The highest BCUT2D eigenvalue weighted by Crippen LogP contribution is 2.30. The summed E-state index contributed by atoms with van der Waals surface area (Å²) in [6.45, 7) is 0. The molecule has 1 aliphatic rings. The maximum Gasteiger partial charge on any atom is 0.259 e. The smallest absolute Gasteiger partial charge is 0.259 e. The van der Waals surface area contributed by atoms with Crippen LogP contribution in [0, 0.1) is 5.92 Å². The summed E-state index contributed by atoms with van der Waals surface area (Å²) in [5, 5.41) is 3.34. The molecule has 1 amide bonds. The first-order valence-corrected chi connectivity index (χ1v) is 10.2. The minimum Gasteiger partial charge on any atom is -0.298 e. The molecular weight excluding hydrogens is 362 g/mol. The van der Waals surface area contributed by atoms with Crippen molar-refractivity contribution in [2.45, 2.75) is 30.6 Å². The van der Waals surface area contributed by atoms with Crippen molar-refractivity contribution in [1.82, 2.24) is 9.97 Å². The first-order valence-electron chi connectivity index (χ1n) is 7.80. The van der Waals surface area contributed by atoms with E-state index in [1.54, 1.807) is 18.0 Å². The second-order valence-corrected chi connectivity index (χ2v) is 8.17. The van der Waals surface area contributed by atoms with E-state index < -0.39 is 0 Å². The Kier molecular flexibility index (Phi) is 5.92. The molecule has 2 aromatic heterocycles. The highest BCUT2D eigenvalue weighted by molar-refractivity contribution is 7.98. The fraction of sp³-hybridized carbons (Fsp3) is 0.353. The third-order valence-electron chi connectivity index (χ3n) is 3.99. The molecule has 2 heterocycles. The highest BCUT2D eigenvalue weighted by atomic mass is 35.5. The number of rotatable bonds is 5. The molecule has 0 spiro atoms. The molecule has 0 atom stereocenters. The predicted octanol–water partition coefficient (Wildman–Crippen LogP) is 5.13. The second kappa shape index (κ2) is 8.14. The average Bonchev–Trinajstić information content (AvgIpc) is 3.24. The molecule has 24 heavy (non-hydrogen) atoms. The number of carbonyl (C=O) groups excluding carboxylic acids is 1. The molecule has 7 heteroatoms. The van der Waals surface area contributed by atoms with Gasteiger partial charge in [0.15, 0.2) is 5.13 Å². The average molecular weight is 380 g/mol.